The van der Waals surface area contributed by atoms with E-state index in [1.807, 2.05) is 0 Å². The van der Waals surface area contributed by atoms with Gasteiger partial charge in [-0.2, -0.15) is 9.47 Å². The summed E-state index contributed by atoms with van der Waals surface area (Å²) < 4.78 is 4.03. The number of aromatic nitrogens is 4. The average molecular weight is 152 g/mol. The molecule has 2 aromatic rings. The van der Waals surface area contributed by atoms with Gasteiger partial charge >= 0.3 is 0 Å². The number of hydrogen-bond donors (Lipinski definition) is 1. The van der Waals surface area contributed by atoms with Crippen LogP contribution in [0.5, 0.6) is 0 Å². The lowest BCUT2D eigenvalue weighted by Gasteiger charge is -1.80. The highest BCUT2D eigenvalue weighted by molar-refractivity contribution is 7.03. The quantitative estimate of drug-likeness (QED) is 0.661. The third kappa shape index (κ3) is 0.801. The van der Waals surface area contributed by atoms with Gasteiger partial charge in [0.1, 0.15) is 5.51 Å². The summed E-state index contributed by atoms with van der Waals surface area (Å²) in [6, 6.07) is 0. The van der Waals surface area contributed by atoms with E-state index in [0.717, 1.165) is 11.4 Å². The van der Waals surface area contributed by atoms with Crippen molar-refractivity contribution in [3.63, 3.8) is 0 Å². The molecule has 0 spiro atoms. The van der Waals surface area contributed by atoms with Gasteiger partial charge in [-0.25, -0.2) is 4.98 Å². The molecule has 1 N–H and O–H groups in total. The van der Waals surface area contributed by atoms with Crippen LogP contribution in [0.25, 0.3) is 11.4 Å². The van der Waals surface area contributed by atoms with Crippen LogP contribution in [0.3, 0.4) is 0 Å². The summed E-state index contributed by atoms with van der Waals surface area (Å²) in [4.78, 5) is 4.01. The lowest BCUT2D eigenvalue weighted by Crippen LogP contribution is -1.73. The van der Waals surface area contributed by atoms with Crippen molar-refractivity contribution in [2.45, 2.75) is 0 Å². The van der Waals surface area contributed by atoms with E-state index in [9.17, 15) is 0 Å². The highest BCUT2D eigenvalue weighted by Crippen LogP contribution is 2.11. The summed E-state index contributed by atoms with van der Waals surface area (Å²) in [5, 5.41) is 6.47. The van der Waals surface area contributed by atoms with Crippen molar-refractivity contribution in [1.82, 2.24) is 19.6 Å². The van der Waals surface area contributed by atoms with E-state index in [0.29, 0.717) is 0 Å². The van der Waals surface area contributed by atoms with Crippen LogP contribution in [0.4, 0.5) is 0 Å². The van der Waals surface area contributed by atoms with Gasteiger partial charge in [-0.3, -0.25) is 5.10 Å². The van der Waals surface area contributed by atoms with Gasteiger partial charge in [0, 0.05) is 6.20 Å². The molecule has 2 rings (SSSR count). The van der Waals surface area contributed by atoms with Crippen molar-refractivity contribution < 1.29 is 0 Å². The summed E-state index contributed by atoms with van der Waals surface area (Å²) in [6.45, 7) is 0. The summed E-state index contributed by atoms with van der Waals surface area (Å²) in [6.07, 6.45) is 3.46. The van der Waals surface area contributed by atoms with Crippen molar-refractivity contribution >= 4 is 11.5 Å². The first-order valence-electron chi connectivity index (χ1n) is 2.72. The van der Waals surface area contributed by atoms with Crippen molar-refractivity contribution in [3.05, 3.63) is 17.9 Å². The molecular formula is C5H4N4S. The fraction of sp³-hybridized carbons (Fsp3) is 0. The van der Waals surface area contributed by atoms with E-state index in [2.05, 4.69) is 19.6 Å². The standard InChI is InChI=1S/C5H4N4S/c1-4(2-8-7-1)5-6-3-10-9-5/h1-3H,(H,7,8). The zero-order valence-electron chi connectivity index (χ0n) is 4.98. The van der Waals surface area contributed by atoms with Gasteiger partial charge in [0.15, 0.2) is 5.82 Å². The zero-order valence-corrected chi connectivity index (χ0v) is 5.80. The summed E-state index contributed by atoms with van der Waals surface area (Å²) >= 11 is 1.34. The van der Waals surface area contributed by atoms with Gasteiger partial charge < -0.3 is 0 Å². The minimum atomic E-state index is 0.735. The molecule has 5 heteroatoms. The Balaban J connectivity index is 2.48. The van der Waals surface area contributed by atoms with Crippen LogP contribution in [-0.2, 0) is 0 Å². The smallest absolute Gasteiger partial charge is 0.175 e. The molecule has 0 aromatic carbocycles. The molecule has 50 valence electrons. The highest BCUT2D eigenvalue weighted by atomic mass is 32.1. The Morgan fingerprint density at radius 1 is 1.50 bits per heavy atom. The summed E-state index contributed by atoms with van der Waals surface area (Å²) in [7, 11) is 0. The van der Waals surface area contributed by atoms with Crippen LogP contribution in [0.15, 0.2) is 17.9 Å². The Bertz CT molecular complexity index is 253. The van der Waals surface area contributed by atoms with E-state index in [-0.39, 0.29) is 0 Å². The molecule has 10 heavy (non-hydrogen) atoms. The molecule has 2 aromatic heterocycles. The molecule has 0 fully saturated rings. The lowest BCUT2D eigenvalue weighted by molar-refractivity contribution is 1.09. The van der Waals surface area contributed by atoms with Gasteiger partial charge in [0.25, 0.3) is 0 Å². The maximum Gasteiger partial charge on any atom is 0.175 e. The van der Waals surface area contributed by atoms with Gasteiger partial charge in [-0.05, 0) is 11.5 Å². The molecule has 0 aliphatic carbocycles. The van der Waals surface area contributed by atoms with Gasteiger partial charge in [-0.1, -0.05) is 0 Å². The Morgan fingerprint density at radius 3 is 3.10 bits per heavy atom. The van der Waals surface area contributed by atoms with E-state index in [1.54, 1.807) is 17.9 Å². The Labute approximate surface area is 61.1 Å². The molecule has 0 atom stereocenters. The summed E-state index contributed by atoms with van der Waals surface area (Å²) in [5.74, 6) is 0.735. The monoisotopic (exact) mass is 152 g/mol. The topological polar surface area (TPSA) is 54.5 Å². The second kappa shape index (κ2) is 2.18. The van der Waals surface area contributed by atoms with Gasteiger partial charge in [0.05, 0.1) is 11.8 Å². The molecule has 0 amide bonds. The predicted octanol–water partition coefficient (Wildman–Crippen LogP) is 0.928. The third-order valence-corrected chi connectivity index (χ3v) is 1.60. The number of nitrogens with one attached hydrogen (secondary N) is 1. The first kappa shape index (κ1) is 5.55. The van der Waals surface area contributed by atoms with Crippen molar-refractivity contribution in [1.29, 1.82) is 0 Å². The molecular weight excluding hydrogens is 148 g/mol. The van der Waals surface area contributed by atoms with Crippen LogP contribution >= 0.6 is 11.5 Å². The summed E-state index contributed by atoms with van der Waals surface area (Å²) in [5.41, 5.74) is 2.63. The van der Waals surface area contributed by atoms with Crippen molar-refractivity contribution in [2.24, 2.45) is 0 Å². The highest BCUT2D eigenvalue weighted by Gasteiger charge is 1.99. The van der Waals surface area contributed by atoms with E-state index in [1.165, 1.54) is 11.5 Å². The average Bonchev–Trinajstić information content (AvgIpc) is 2.59. The SMILES string of the molecule is c1nc(-c2cn[nH]c2)ns1. The molecule has 0 saturated heterocycles. The number of hydrogen-bond acceptors (Lipinski definition) is 4. The van der Waals surface area contributed by atoms with Gasteiger partial charge in [-0.15, -0.1) is 0 Å². The number of H-pyrrole nitrogens is 1. The maximum absolute atomic E-state index is 4.03. The normalized spacial score (nSPS) is 10.0. The number of aromatic amines is 1. The molecule has 0 radical (unpaired) electrons. The van der Waals surface area contributed by atoms with Gasteiger partial charge in [0.2, 0.25) is 0 Å². The van der Waals surface area contributed by atoms with Crippen LogP contribution < -0.4 is 0 Å². The molecule has 0 aliphatic heterocycles. The lowest BCUT2D eigenvalue weighted by atomic mass is 10.3. The Kier molecular flexibility index (Phi) is 1.21. The first-order chi connectivity index (χ1) is 4.97. The van der Waals surface area contributed by atoms with Crippen LogP contribution in [0.1, 0.15) is 0 Å². The Hall–Kier alpha value is -1.23. The van der Waals surface area contributed by atoms with Crippen LogP contribution in [0.2, 0.25) is 0 Å². The van der Waals surface area contributed by atoms with Crippen molar-refractivity contribution in [3.8, 4) is 11.4 Å². The van der Waals surface area contributed by atoms with Crippen LogP contribution in [0, 0.1) is 0 Å². The molecule has 0 unspecified atom stereocenters. The zero-order chi connectivity index (χ0) is 6.81. The minimum absolute atomic E-state index is 0.735. The molecule has 0 aliphatic rings. The molecule has 4 nitrogen and oxygen atoms in total. The fourth-order valence-electron chi connectivity index (χ4n) is 0.671. The van der Waals surface area contributed by atoms with E-state index in [4.69, 9.17) is 0 Å². The Morgan fingerprint density at radius 2 is 2.50 bits per heavy atom. The minimum Gasteiger partial charge on any atom is -0.285 e. The number of nitrogens with zero attached hydrogens (tertiary/aromatic N) is 3. The predicted molar refractivity (Wildman–Crippen MR) is 37.5 cm³/mol. The van der Waals surface area contributed by atoms with E-state index >= 15 is 0 Å². The second-order valence-electron chi connectivity index (χ2n) is 1.74. The number of rotatable bonds is 1. The fourth-order valence-corrected chi connectivity index (χ4v) is 1.12. The molecule has 0 saturated carbocycles. The largest absolute Gasteiger partial charge is 0.285 e. The van der Waals surface area contributed by atoms with Crippen molar-refractivity contribution in [2.75, 3.05) is 0 Å². The van der Waals surface area contributed by atoms with E-state index < -0.39 is 0 Å². The molecule has 0 bridgehead atoms. The molecule has 2 heterocycles. The maximum atomic E-state index is 4.03. The third-order valence-electron chi connectivity index (χ3n) is 1.12. The second-order valence-corrected chi connectivity index (χ2v) is 2.35. The van der Waals surface area contributed by atoms with Crippen LogP contribution in [-0.4, -0.2) is 19.6 Å². The first-order valence-corrected chi connectivity index (χ1v) is 3.56.